The molecule has 0 aromatic carbocycles. The zero-order valence-corrected chi connectivity index (χ0v) is 12.2. The van der Waals surface area contributed by atoms with E-state index < -0.39 is 5.41 Å². The highest BCUT2D eigenvalue weighted by atomic mass is 16.6. The van der Waals surface area contributed by atoms with Crippen LogP contribution in [0.1, 0.15) is 52.9 Å². The van der Waals surface area contributed by atoms with Gasteiger partial charge in [0.2, 0.25) is 6.54 Å². The smallest absolute Gasteiger partial charge is 0.306 e. The van der Waals surface area contributed by atoms with Crippen LogP contribution in [-0.2, 0) is 9.53 Å². The van der Waals surface area contributed by atoms with Gasteiger partial charge in [0.15, 0.2) is 0 Å². The van der Waals surface area contributed by atoms with Crippen molar-refractivity contribution in [3.05, 3.63) is 10.1 Å². The molecule has 1 rings (SSSR count). The molecule has 0 unspecified atom stereocenters. The monoisotopic (exact) mass is 271 g/mol. The van der Waals surface area contributed by atoms with Crippen LogP contribution in [0.25, 0.3) is 0 Å². The van der Waals surface area contributed by atoms with Crippen molar-refractivity contribution >= 4 is 5.97 Å². The average Bonchev–Trinajstić information content (AvgIpc) is 2.28. The number of rotatable bonds is 6. The Balaban J connectivity index is 2.68. The Kier molecular flexibility index (Phi) is 5.76. The standard InChI is InChI=1S/C14H25NO4/c1-4-19-13(16)9-14(10-15(17)18)7-5-12(6-8-14)11(2)3/h11-12H,4-10H2,1-3H3. The Bertz CT molecular complexity index is 319. The zero-order valence-electron chi connectivity index (χ0n) is 12.2. The van der Waals surface area contributed by atoms with Crippen LogP contribution in [0, 0.1) is 27.4 Å². The number of carbonyl (C=O) groups is 1. The topological polar surface area (TPSA) is 69.4 Å². The Labute approximate surface area is 114 Å². The lowest BCUT2D eigenvalue weighted by Gasteiger charge is -2.38. The summed E-state index contributed by atoms with van der Waals surface area (Å²) in [7, 11) is 0. The van der Waals surface area contributed by atoms with Crippen LogP contribution >= 0.6 is 0 Å². The number of carbonyl (C=O) groups excluding carboxylic acids is 1. The highest BCUT2D eigenvalue weighted by molar-refractivity contribution is 5.70. The fraction of sp³-hybridized carbons (Fsp3) is 0.929. The highest BCUT2D eigenvalue weighted by Gasteiger charge is 2.42. The van der Waals surface area contributed by atoms with Crippen molar-refractivity contribution in [1.82, 2.24) is 0 Å². The van der Waals surface area contributed by atoms with E-state index in [9.17, 15) is 14.9 Å². The maximum Gasteiger partial charge on any atom is 0.306 e. The predicted octanol–water partition coefficient (Wildman–Crippen LogP) is 3.05. The lowest BCUT2D eigenvalue weighted by Crippen LogP contribution is -2.37. The minimum atomic E-state index is -0.485. The van der Waals surface area contributed by atoms with Crippen LogP contribution in [0.4, 0.5) is 0 Å². The first-order valence-electron chi connectivity index (χ1n) is 7.16. The van der Waals surface area contributed by atoms with E-state index in [1.807, 2.05) is 0 Å². The molecule has 1 fully saturated rings. The molecule has 0 aliphatic heterocycles. The quantitative estimate of drug-likeness (QED) is 0.423. The maximum absolute atomic E-state index is 11.7. The van der Waals surface area contributed by atoms with Crippen molar-refractivity contribution in [2.45, 2.75) is 52.9 Å². The van der Waals surface area contributed by atoms with Gasteiger partial charge in [-0.1, -0.05) is 13.8 Å². The summed E-state index contributed by atoms with van der Waals surface area (Å²) < 4.78 is 4.96. The molecule has 0 bridgehead atoms. The third kappa shape index (κ3) is 4.80. The fourth-order valence-corrected chi connectivity index (χ4v) is 3.10. The number of hydrogen-bond donors (Lipinski definition) is 0. The van der Waals surface area contributed by atoms with Gasteiger partial charge in [-0.15, -0.1) is 0 Å². The molecule has 0 radical (unpaired) electrons. The third-order valence-corrected chi connectivity index (χ3v) is 4.32. The lowest BCUT2D eigenvalue weighted by molar-refractivity contribution is -0.499. The van der Waals surface area contributed by atoms with E-state index in [1.54, 1.807) is 6.92 Å². The predicted molar refractivity (Wildman–Crippen MR) is 72.3 cm³/mol. The molecule has 0 saturated heterocycles. The second-order valence-corrected chi connectivity index (χ2v) is 6.05. The number of nitrogens with zero attached hydrogens (tertiary/aromatic N) is 1. The van der Waals surface area contributed by atoms with Crippen LogP contribution < -0.4 is 0 Å². The summed E-state index contributed by atoms with van der Waals surface area (Å²) in [5, 5.41) is 10.9. The number of hydrogen-bond acceptors (Lipinski definition) is 4. The van der Waals surface area contributed by atoms with E-state index in [2.05, 4.69) is 13.8 Å². The molecule has 1 aliphatic rings. The van der Waals surface area contributed by atoms with Crippen molar-refractivity contribution in [2.24, 2.45) is 17.3 Å². The summed E-state index contributed by atoms with van der Waals surface area (Å²) in [6.45, 7) is 6.36. The lowest BCUT2D eigenvalue weighted by atomic mass is 9.66. The van der Waals surface area contributed by atoms with Crippen molar-refractivity contribution in [1.29, 1.82) is 0 Å². The third-order valence-electron chi connectivity index (χ3n) is 4.32. The zero-order chi connectivity index (χ0) is 14.5. The van der Waals surface area contributed by atoms with Crippen LogP contribution in [0.3, 0.4) is 0 Å². The summed E-state index contributed by atoms with van der Waals surface area (Å²) >= 11 is 0. The molecule has 1 saturated carbocycles. The van der Waals surface area contributed by atoms with E-state index in [0.717, 1.165) is 25.7 Å². The average molecular weight is 271 g/mol. The molecule has 1 aliphatic carbocycles. The summed E-state index contributed by atoms with van der Waals surface area (Å²) in [6.07, 6.45) is 3.66. The molecule has 0 heterocycles. The molecule has 19 heavy (non-hydrogen) atoms. The molecule has 0 amide bonds. The van der Waals surface area contributed by atoms with Crippen LogP contribution in [0.15, 0.2) is 0 Å². The second-order valence-electron chi connectivity index (χ2n) is 6.05. The van der Waals surface area contributed by atoms with Gasteiger partial charge in [-0.05, 0) is 44.4 Å². The summed E-state index contributed by atoms with van der Waals surface area (Å²) in [6, 6.07) is 0. The van der Waals surface area contributed by atoms with E-state index in [-0.39, 0.29) is 23.9 Å². The molecular formula is C14H25NO4. The second kappa shape index (κ2) is 6.87. The Morgan fingerprint density at radius 1 is 1.42 bits per heavy atom. The van der Waals surface area contributed by atoms with Crippen molar-refractivity contribution in [3.8, 4) is 0 Å². The van der Waals surface area contributed by atoms with Gasteiger partial charge in [0.25, 0.3) is 0 Å². The molecule has 0 spiro atoms. The van der Waals surface area contributed by atoms with Gasteiger partial charge < -0.3 is 4.74 Å². The molecule has 0 aromatic heterocycles. The van der Waals surface area contributed by atoms with Gasteiger partial charge in [-0.2, -0.15) is 0 Å². The molecule has 110 valence electrons. The van der Waals surface area contributed by atoms with Crippen LogP contribution in [0.2, 0.25) is 0 Å². The highest BCUT2D eigenvalue weighted by Crippen LogP contribution is 2.44. The molecule has 0 N–H and O–H groups in total. The van der Waals surface area contributed by atoms with Crippen molar-refractivity contribution < 1.29 is 14.5 Å². The van der Waals surface area contributed by atoms with Gasteiger partial charge in [0, 0.05) is 10.3 Å². The van der Waals surface area contributed by atoms with E-state index in [4.69, 9.17) is 4.74 Å². The van der Waals surface area contributed by atoms with Gasteiger partial charge in [-0.3, -0.25) is 14.9 Å². The first kappa shape index (κ1) is 15.9. The van der Waals surface area contributed by atoms with E-state index in [1.165, 1.54) is 0 Å². The minimum absolute atomic E-state index is 0.114. The molecule has 0 atom stereocenters. The fourth-order valence-electron chi connectivity index (χ4n) is 3.10. The van der Waals surface area contributed by atoms with Crippen molar-refractivity contribution in [2.75, 3.05) is 13.2 Å². The Morgan fingerprint density at radius 2 is 2.00 bits per heavy atom. The normalized spacial score (nSPS) is 27.3. The molecule has 5 heteroatoms. The first-order valence-corrected chi connectivity index (χ1v) is 7.16. The maximum atomic E-state index is 11.7. The Morgan fingerprint density at radius 3 is 2.42 bits per heavy atom. The van der Waals surface area contributed by atoms with E-state index >= 15 is 0 Å². The Hall–Kier alpha value is -1.13. The van der Waals surface area contributed by atoms with Gasteiger partial charge in [0.05, 0.1) is 13.0 Å². The van der Waals surface area contributed by atoms with E-state index in [0.29, 0.717) is 18.4 Å². The number of ether oxygens (including phenoxy) is 1. The van der Waals surface area contributed by atoms with Crippen molar-refractivity contribution in [3.63, 3.8) is 0 Å². The first-order chi connectivity index (χ1) is 8.88. The largest absolute Gasteiger partial charge is 0.466 e. The van der Waals surface area contributed by atoms with Crippen LogP contribution in [0.5, 0.6) is 0 Å². The summed E-state index contributed by atoms with van der Waals surface area (Å²) in [5.41, 5.74) is -0.485. The van der Waals surface area contributed by atoms with Gasteiger partial charge >= 0.3 is 5.97 Å². The number of nitro groups is 1. The number of esters is 1. The molecule has 5 nitrogen and oxygen atoms in total. The summed E-state index contributed by atoms with van der Waals surface area (Å²) in [4.78, 5) is 22.3. The summed E-state index contributed by atoms with van der Waals surface area (Å²) in [5.74, 6) is 0.936. The van der Waals surface area contributed by atoms with Crippen LogP contribution in [-0.4, -0.2) is 24.0 Å². The minimum Gasteiger partial charge on any atom is -0.466 e. The molecular weight excluding hydrogens is 246 g/mol. The molecule has 0 aromatic rings. The SMILES string of the molecule is CCOC(=O)CC1(C[N+](=O)[O-])CCC(C(C)C)CC1. The van der Waals surface area contributed by atoms with Gasteiger partial charge in [0.1, 0.15) is 0 Å². The van der Waals surface area contributed by atoms with Gasteiger partial charge in [-0.25, -0.2) is 0 Å².